The van der Waals surface area contributed by atoms with Gasteiger partial charge < -0.3 is 4.74 Å². The molecule has 0 aliphatic heterocycles. The van der Waals surface area contributed by atoms with E-state index in [0.717, 1.165) is 24.1 Å². The summed E-state index contributed by atoms with van der Waals surface area (Å²) in [5.74, 6) is -0.874. The van der Waals surface area contributed by atoms with E-state index in [1.165, 1.54) is 0 Å². The lowest BCUT2D eigenvalue weighted by molar-refractivity contribution is -0.140. The second kappa shape index (κ2) is 7.82. The summed E-state index contributed by atoms with van der Waals surface area (Å²) in [7, 11) is 0. The zero-order valence-corrected chi connectivity index (χ0v) is 12.7. The highest BCUT2D eigenvalue weighted by Gasteiger charge is 2.34. The number of ether oxygens (including phenoxy) is 1. The van der Waals surface area contributed by atoms with Gasteiger partial charge in [-0.25, -0.2) is 4.39 Å². The van der Waals surface area contributed by atoms with Crippen LogP contribution in [-0.2, 0) is 12.6 Å². The molecule has 5 heteroatoms. The Kier molecular flexibility index (Phi) is 6.40. The molecule has 0 amide bonds. The molecule has 0 heterocycles. The van der Waals surface area contributed by atoms with E-state index in [9.17, 15) is 17.6 Å². The number of hydrogen-bond acceptors (Lipinski definition) is 1. The second-order valence-electron chi connectivity index (χ2n) is 4.24. The van der Waals surface area contributed by atoms with E-state index >= 15 is 0 Å². The van der Waals surface area contributed by atoms with Crippen molar-refractivity contribution in [3.63, 3.8) is 0 Å². The van der Waals surface area contributed by atoms with Gasteiger partial charge in [0.2, 0.25) is 0 Å². The maximum Gasteiger partial charge on any atom is 0.419 e. The average molecular weight is 314 g/mol. The van der Waals surface area contributed by atoms with Crippen molar-refractivity contribution in [2.24, 2.45) is 0 Å². The first-order chi connectivity index (χ1) is 10.4. The van der Waals surface area contributed by atoms with Gasteiger partial charge in [-0.05, 0) is 36.2 Å². The van der Waals surface area contributed by atoms with Gasteiger partial charge in [0, 0.05) is 6.07 Å². The van der Waals surface area contributed by atoms with Gasteiger partial charge in [0.1, 0.15) is 17.3 Å². The Bertz CT molecular complexity index is 589. The van der Waals surface area contributed by atoms with Gasteiger partial charge in [0.05, 0.1) is 5.56 Å². The molecule has 0 aliphatic carbocycles. The van der Waals surface area contributed by atoms with Crippen molar-refractivity contribution in [1.29, 1.82) is 0 Å². The molecule has 0 aliphatic rings. The molecule has 120 valence electrons. The number of aryl methyl sites for hydroxylation is 1. The Morgan fingerprint density at radius 1 is 0.909 bits per heavy atom. The molecule has 2 aromatic rings. The maximum atomic E-state index is 13.4. The number of benzene rings is 2. The zero-order chi connectivity index (χ0) is 16.8. The van der Waals surface area contributed by atoms with E-state index in [0.29, 0.717) is 11.8 Å². The van der Waals surface area contributed by atoms with Gasteiger partial charge in [0.15, 0.2) is 0 Å². The molecule has 0 aromatic heterocycles. The minimum absolute atomic E-state index is 0.0275. The predicted octanol–water partition coefficient (Wildman–Crippen LogP) is 6.23. The first-order valence-corrected chi connectivity index (χ1v) is 7.03. The van der Waals surface area contributed by atoms with Crippen LogP contribution in [-0.4, -0.2) is 0 Å². The van der Waals surface area contributed by atoms with Crippen molar-refractivity contribution in [3.8, 4) is 11.5 Å². The summed E-state index contributed by atoms with van der Waals surface area (Å²) in [6.45, 7) is 6.00. The van der Waals surface area contributed by atoms with Crippen LogP contribution < -0.4 is 4.74 Å². The molecule has 0 bridgehead atoms. The van der Waals surface area contributed by atoms with Crippen LogP contribution in [0.2, 0.25) is 0 Å². The molecule has 0 fully saturated rings. The summed E-state index contributed by atoms with van der Waals surface area (Å²) < 4.78 is 55.9. The van der Waals surface area contributed by atoms with Gasteiger partial charge in [-0.1, -0.05) is 32.9 Å². The number of halogens is 4. The summed E-state index contributed by atoms with van der Waals surface area (Å²) in [4.78, 5) is 0. The Balaban J connectivity index is 0.00000116. The largest absolute Gasteiger partial charge is 0.457 e. The molecule has 0 radical (unpaired) electrons. The van der Waals surface area contributed by atoms with Gasteiger partial charge in [-0.2, -0.15) is 13.2 Å². The Morgan fingerprint density at radius 3 is 1.91 bits per heavy atom. The van der Waals surface area contributed by atoms with E-state index in [2.05, 4.69) is 0 Å². The maximum absolute atomic E-state index is 13.4. The molecule has 0 saturated heterocycles. The van der Waals surface area contributed by atoms with E-state index < -0.39 is 17.6 Å². The SMILES string of the molecule is CC.CCc1ccc(Oc2ccc(C(F)(F)F)c(F)c2)cc1. The van der Waals surface area contributed by atoms with Crippen LogP contribution >= 0.6 is 0 Å². The summed E-state index contributed by atoms with van der Waals surface area (Å²) in [5.41, 5.74) is -0.192. The fourth-order valence-electron chi connectivity index (χ4n) is 1.72. The fraction of sp³-hybridized carbons (Fsp3) is 0.294. The van der Waals surface area contributed by atoms with Crippen molar-refractivity contribution in [2.75, 3.05) is 0 Å². The van der Waals surface area contributed by atoms with Crippen molar-refractivity contribution in [3.05, 3.63) is 59.4 Å². The van der Waals surface area contributed by atoms with Crippen LogP contribution in [0, 0.1) is 5.82 Å². The van der Waals surface area contributed by atoms with Crippen LogP contribution in [0.5, 0.6) is 11.5 Å². The van der Waals surface area contributed by atoms with E-state index in [1.54, 1.807) is 12.1 Å². The topological polar surface area (TPSA) is 9.23 Å². The van der Waals surface area contributed by atoms with Gasteiger partial charge in [-0.15, -0.1) is 0 Å². The predicted molar refractivity (Wildman–Crippen MR) is 78.6 cm³/mol. The Hall–Kier alpha value is -2.04. The molecule has 0 atom stereocenters. The summed E-state index contributed by atoms with van der Waals surface area (Å²) in [6.07, 6.45) is -3.83. The van der Waals surface area contributed by atoms with Gasteiger partial charge >= 0.3 is 6.18 Å². The quantitative estimate of drug-likeness (QED) is 0.611. The molecule has 1 nitrogen and oxygen atoms in total. The first-order valence-electron chi connectivity index (χ1n) is 7.03. The molecule has 22 heavy (non-hydrogen) atoms. The van der Waals surface area contributed by atoms with Gasteiger partial charge in [-0.3, -0.25) is 0 Å². The molecular weight excluding hydrogens is 296 g/mol. The highest BCUT2D eigenvalue weighted by Crippen LogP contribution is 2.33. The van der Waals surface area contributed by atoms with E-state index in [4.69, 9.17) is 4.74 Å². The van der Waals surface area contributed by atoms with Crippen LogP contribution in [0.1, 0.15) is 31.9 Å². The third kappa shape index (κ3) is 4.76. The van der Waals surface area contributed by atoms with Crippen LogP contribution in [0.15, 0.2) is 42.5 Å². The highest BCUT2D eigenvalue weighted by molar-refractivity contribution is 5.36. The van der Waals surface area contributed by atoms with Crippen LogP contribution in [0.3, 0.4) is 0 Å². The van der Waals surface area contributed by atoms with E-state index in [1.807, 2.05) is 32.9 Å². The Morgan fingerprint density at radius 2 is 1.45 bits per heavy atom. The third-order valence-electron chi connectivity index (χ3n) is 2.81. The van der Waals surface area contributed by atoms with Crippen molar-refractivity contribution in [1.82, 2.24) is 0 Å². The molecule has 2 aromatic carbocycles. The lowest BCUT2D eigenvalue weighted by Crippen LogP contribution is -2.07. The summed E-state index contributed by atoms with van der Waals surface area (Å²) in [5, 5.41) is 0. The lowest BCUT2D eigenvalue weighted by Gasteiger charge is -2.10. The molecular formula is C17H18F4O. The van der Waals surface area contributed by atoms with Crippen LogP contribution in [0.25, 0.3) is 0 Å². The molecule has 0 unspecified atom stereocenters. The zero-order valence-electron chi connectivity index (χ0n) is 12.7. The molecule has 2 rings (SSSR count). The monoisotopic (exact) mass is 314 g/mol. The minimum Gasteiger partial charge on any atom is -0.457 e. The number of hydrogen-bond donors (Lipinski definition) is 0. The standard InChI is InChI=1S/C15H12F4O.C2H6/c1-2-10-3-5-11(6-4-10)20-12-7-8-13(14(16)9-12)15(17,18)19;1-2/h3-9H,2H2,1H3;1-2H3. The number of alkyl halides is 3. The minimum atomic E-state index is -4.70. The smallest absolute Gasteiger partial charge is 0.419 e. The Labute approximate surface area is 127 Å². The fourth-order valence-corrected chi connectivity index (χ4v) is 1.72. The first kappa shape index (κ1) is 18.0. The lowest BCUT2D eigenvalue weighted by atomic mass is 10.1. The number of rotatable bonds is 3. The normalized spacial score (nSPS) is 10.7. The second-order valence-corrected chi connectivity index (χ2v) is 4.24. The summed E-state index contributed by atoms with van der Waals surface area (Å²) in [6, 6.07) is 9.57. The average Bonchev–Trinajstić information content (AvgIpc) is 2.49. The molecule has 0 saturated carbocycles. The van der Waals surface area contributed by atoms with Crippen molar-refractivity contribution in [2.45, 2.75) is 33.4 Å². The van der Waals surface area contributed by atoms with E-state index in [-0.39, 0.29) is 5.75 Å². The van der Waals surface area contributed by atoms with Crippen LogP contribution in [0.4, 0.5) is 17.6 Å². The third-order valence-corrected chi connectivity index (χ3v) is 2.81. The summed E-state index contributed by atoms with van der Waals surface area (Å²) >= 11 is 0. The molecule has 0 N–H and O–H groups in total. The molecule has 0 spiro atoms. The van der Waals surface area contributed by atoms with Crippen molar-refractivity contribution < 1.29 is 22.3 Å². The highest BCUT2D eigenvalue weighted by atomic mass is 19.4. The van der Waals surface area contributed by atoms with Crippen molar-refractivity contribution >= 4 is 0 Å². The van der Waals surface area contributed by atoms with Gasteiger partial charge in [0.25, 0.3) is 0 Å².